The Hall–Kier alpha value is -3.52. The summed E-state index contributed by atoms with van der Waals surface area (Å²) in [5, 5.41) is 17.5. The zero-order valence-electron chi connectivity index (χ0n) is 16.3. The first-order valence-electron chi connectivity index (χ1n) is 9.51. The molecule has 1 aliphatic heterocycles. The van der Waals surface area contributed by atoms with Crippen molar-refractivity contribution >= 4 is 39.2 Å². The van der Waals surface area contributed by atoms with Gasteiger partial charge in [0.2, 0.25) is 11.0 Å². The standard InChI is InChI=1S/C22H18N4O3S/c1-11-3-8-16-17(9-11)30-22(23-16)26-20-19(12(2)25-26)15(10-18(27)24-20)13-4-6-14(7-5-13)21(28)29/h3-9,15H,10H2,1-2H3,(H,24,27)(H,28,29)/t15-/m1/s1. The lowest BCUT2D eigenvalue weighted by atomic mass is 9.85. The molecule has 3 heterocycles. The van der Waals surface area contributed by atoms with Crippen LogP contribution < -0.4 is 5.32 Å². The number of benzene rings is 2. The van der Waals surface area contributed by atoms with E-state index >= 15 is 0 Å². The molecule has 0 saturated heterocycles. The first-order chi connectivity index (χ1) is 14.4. The summed E-state index contributed by atoms with van der Waals surface area (Å²) in [6.45, 7) is 3.96. The van der Waals surface area contributed by atoms with Crippen molar-refractivity contribution in [2.45, 2.75) is 26.2 Å². The first kappa shape index (κ1) is 18.5. The zero-order valence-corrected chi connectivity index (χ0v) is 17.2. The Morgan fingerprint density at radius 2 is 1.97 bits per heavy atom. The third-order valence-corrected chi connectivity index (χ3v) is 6.37. The van der Waals surface area contributed by atoms with Gasteiger partial charge in [0, 0.05) is 17.9 Å². The Morgan fingerprint density at radius 3 is 2.70 bits per heavy atom. The number of aromatic nitrogens is 3. The number of nitrogens with zero attached hydrogens (tertiary/aromatic N) is 3. The van der Waals surface area contributed by atoms with Crippen molar-refractivity contribution in [3.8, 4) is 5.13 Å². The van der Waals surface area contributed by atoms with Crippen molar-refractivity contribution in [3.63, 3.8) is 0 Å². The topological polar surface area (TPSA) is 97.1 Å². The lowest BCUT2D eigenvalue weighted by Crippen LogP contribution is -2.25. The maximum absolute atomic E-state index is 12.5. The van der Waals surface area contributed by atoms with Crippen molar-refractivity contribution in [1.29, 1.82) is 0 Å². The van der Waals surface area contributed by atoms with Crippen molar-refractivity contribution in [2.75, 3.05) is 5.32 Å². The van der Waals surface area contributed by atoms with Gasteiger partial charge in [-0.25, -0.2) is 9.78 Å². The number of aryl methyl sites for hydroxylation is 2. The molecule has 0 bridgehead atoms. The van der Waals surface area contributed by atoms with Gasteiger partial charge in [-0.3, -0.25) is 4.79 Å². The van der Waals surface area contributed by atoms with E-state index in [0.29, 0.717) is 10.9 Å². The molecule has 0 saturated carbocycles. The zero-order chi connectivity index (χ0) is 21.0. The average Bonchev–Trinajstić information content (AvgIpc) is 3.28. The van der Waals surface area contributed by atoms with Gasteiger partial charge in [-0.05, 0) is 49.2 Å². The van der Waals surface area contributed by atoms with Crippen LogP contribution in [0.1, 0.15) is 45.1 Å². The van der Waals surface area contributed by atoms with Gasteiger partial charge in [0.1, 0.15) is 5.82 Å². The molecule has 0 aliphatic carbocycles. The SMILES string of the molecule is Cc1ccc2nc(-n3nc(C)c4c3NC(=O)C[C@@H]4c3ccc(C(=O)O)cc3)sc2c1. The fourth-order valence-electron chi connectivity index (χ4n) is 3.94. The number of carbonyl (C=O) groups excluding carboxylic acids is 1. The Bertz CT molecular complexity index is 1320. The van der Waals surface area contributed by atoms with Crippen LogP contribution in [0, 0.1) is 13.8 Å². The van der Waals surface area contributed by atoms with Crippen LogP contribution in [-0.2, 0) is 4.79 Å². The highest BCUT2D eigenvalue weighted by molar-refractivity contribution is 7.20. The number of amides is 1. The van der Waals surface area contributed by atoms with Crippen molar-refractivity contribution in [3.05, 3.63) is 70.4 Å². The summed E-state index contributed by atoms with van der Waals surface area (Å²) in [5.74, 6) is -0.638. The fraction of sp³-hybridized carbons (Fsp3) is 0.182. The molecule has 30 heavy (non-hydrogen) atoms. The number of carbonyl (C=O) groups is 2. The Labute approximate surface area is 176 Å². The van der Waals surface area contributed by atoms with Crippen LogP contribution in [0.3, 0.4) is 0 Å². The smallest absolute Gasteiger partial charge is 0.335 e. The van der Waals surface area contributed by atoms with Crippen molar-refractivity contribution < 1.29 is 14.7 Å². The molecule has 5 rings (SSSR count). The molecule has 0 spiro atoms. The van der Waals surface area contributed by atoms with Crippen LogP contribution in [-0.4, -0.2) is 31.7 Å². The van der Waals surface area contributed by atoms with E-state index in [-0.39, 0.29) is 23.8 Å². The number of fused-ring (bicyclic) bond motifs is 2. The van der Waals surface area contributed by atoms with E-state index in [0.717, 1.165) is 32.6 Å². The molecule has 4 aromatic rings. The summed E-state index contributed by atoms with van der Waals surface area (Å²) in [4.78, 5) is 28.4. The highest BCUT2D eigenvalue weighted by Crippen LogP contribution is 2.41. The maximum atomic E-state index is 12.5. The molecule has 2 aromatic heterocycles. The molecule has 8 heteroatoms. The van der Waals surface area contributed by atoms with Crippen LogP contribution >= 0.6 is 11.3 Å². The number of hydrogen-bond acceptors (Lipinski definition) is 5. The summed E-state index contributed by atoms with van der Waals surface area (Å²) in [6.07, 6.45) is 0.283. The Morgan fingerprint density at radius 1 is 1.20 bits per heavy atom. The third kappa shape index (κ3) is 2.96. The van der Waals surface area contributed by atoms with E-state index in [1.54, 1.807) is 28.9 Å². The van der Waals surface area contributed by atoms with E-state index < -0.39 is 5.97 Å². The van der Waals surface area contributed by atoms with E-state index in [2.05, 4.69) is 11.4 Å². The Kier molecular flexibility index (Phi) is 4.18. The van der Waals surface area contributed by atoms with Gasteiger partial charge in [-0.2, -0.15) is 9.78 Å². The highest BCUT2D eigenvalue weighted by Gasteiger charge is 2.33. The van der Waals surface area contributed by atoms with E-state index in [1.807, 2.05) is 26.0 Å². The monoisotopic (exact) mass is 418 g/mol. The van der Waals surface area contributed by atoms with E-state index in [9.17, 15) is 9.59 Å². The number of carboxylic acids is 1. The number of nitrogens with one attached hydrogen (secondary N) is 1. The van der Waals surface area contributed by atoms with Gasteiger partial charge in [-0.1, -0.05) is 29.5 Å². The van der Waals surface area contributed by atoms with Gasteiger partial charge < -0.3 is 10.4 Å². The summed E-state index contributed by atoms with van der Waals surface area (Å²) >= 11 is 1.53. The summed E-state index contributed by atoms with van der Waals surface area (Å²) in [6, 6.07) is 12.8. The fourth-order valence-corrected chi connectivity index (χ4v) is 4.96. The molecule has 1 amide bonds. The molecule has 2 aromatic carbocycles. The summed E-state index contributed by atoms with van der Waals surface area (Å²) in [5.41, 5.74) is 4.91. The molecule has 1 aliphatic rings. The number of aromatic carboxylic acids is 1. The second kappa shape index (κ2) is 6.77. The number of carboxylic acid groups (broad SMARTS) is 1. The van der Waals surface area contributed by atoms with E-state index in [4.69, 9.17) is 15.2 Å². The minimum Gasteiger partial charge on any atom is -0.478 e. The summed E-state index contributed by atoms with van der Waals surface area (Å²) < 4.78 is 2.77. The molecular weight excluding hydrogens is 400 g/mol. The number of hydrogen-bond donors (Lipinski definition) is 2. The molecule has 150 valence electrons. The minimum atomic E-state index is -0.973. The molecule has 0 radical (unpaired) electrons. The van der Waals surface area contributed by atoms with Crippen LogP contribution in [0.5, 0.6) is 0 Å². The predicted octanol–water partition coefficient (Wildman–Crippen LogP) is 4.27. The van der Waals surface area contributed by atoms with Crippen molar-refractivity contribution in [2.24, 2.45) is 0 Å². The molecule has 7 nitrogen and oxygen atoms in total. The maximum Gasteiger partial charge on any atom is 0.335 e. The first-order valence-corrected chi connectivity index (χ1v) is 10.3. The molecule has 1 atom stereocenters. The van der Waals surface area contributed by atoms with Gasteiger partial charge >= 0.3 is 5.97 Å². The van der Waals surface area contributed by atoms with E-state index in [1.165, 1.54) is 11.3 Å². The molecule has 2 N–H and O–H groups in total. The minimum absolute atomic E-state index is 0.104. The van der Waals surface area contributed by atoms with Crippen LogP contribution in [0.25, 0.3) is 15.3 Å². The van der Waals surface area contributed by atoms with Crippen molar-refractivity contribution in [1.82, 2.24) is 14.8 Å². The van der Waals surface area contributed by atoms with Gasteiger partial charge in [0.05, 0.1) is 21.5 Å². The summed E-state index contributed by atoms with van der Waals surface area (Å²) in [7, 11) is 0. The van der Waals surface area contributed by atoms with Crippen LogP contribution in [0.15, 0.2) is 42.5 Å². The molecule has 0 fully saturated rings. The third-order valence-electron chi connectivity index (χ3n) is 5.38. The normalized spacial score (nSPS) is 15.8. The molecular formula is C22H18N4O3S. The second-order valence-corrected chi connectivity index (χ2v) is 8.47. The second-order valence-electron chi connectivity index (χ2n) is 7.46. The van der Waals surface area contributed by atoms with Gasteiger partial charge in [0.25, 0.3) is 0 Å². The number of thiazole rings is 1. The van der Waals surface area contributed by atoms with Gasteiger partial charge in [0.15, 0.2) is 0 Å². The van der Waals surface area contributed by atoms with Crippen LogP contribution in [0.2, 0.25) is 0 Å². The van der Waals surface area contributed by atoms with Gasteiger partial charge in [-0.15, -0.1) is 0 Å². The molecule has 0 unspecified atom stereocenters. The lowest BCUT2D eigenvalue weighted by Gasteiger charge is -2.24. The Balaban J connectivity index is 1.63. The van der Waals surface area contributed by atoms with Crippen LogP contribution in [0.4, 0.5) is 5.82 Å². The predicted molar refractivity (Wildman–Crippen MR) is 115 cm³/mol. The largest absolute Gasteiger partial charge is 0.478 e. The number of anilines is 1. The average molecular weight is 418 g/mol. The highest BCUT2D eigenvalue weighted by atomic mass is 32.1. The number of rotatable bonds is 3. The quantitative estimate of drug-likeness (QED) is 0.518. The lowest BCUT2D eigenvalue weighted by molar-refractivity contribution is -0.116.